The van der Waals surface area contributed by atoms with Crippen molar-refractivity contribution in [1.29, 1.82) is 0 Å². The van der Waals surface area contributed by atoms with Crippen LogP contribution in [0.1, 0.15) is 74.5 Å². The molecule has 5 atom stereocenters. The lowest BCUT2D eigenvalue weighted by molar-refractivity contribution is -0.147. The van der Waals surface area contributed by atoms with E-state index >= 15 is 0 Å². The minimum Gasteiger partial charge on any atom is -0.504 e. The monoisotopic (exact) mass is 609 g/mol. The Morgan fingerprint density at radius 1 is 1.05 bits per heavy atom. The van der Waals surface area contributed by atoms with Gasteiger partial charge >= 0.3 is 5.97 Å². The molecule has 4 N–H and O–H groups in total. The van der Waals surface area contributed by atoms with Gasteiger partial charge in [-0.1, -0.05) is 12.1 Å². The summed E-state index contributed by atoms with van der Waals surface area (Å²) in [5.41, 5.74) is 3.89. The molecule has 0 spiro atoms. The molecule has 9 nitrogen and oxygen atoms in total. The van der Waals surface area contributed by atoms with Crippen LogP contribution in [0, 0.1) is 17.8 Å². The largest absolute Gasteiger partial charge is 0.504 e. The molecule has 44 heavy (non-hydrogen) atoms. The number of benzene rings is 2. The van der Waals surface area contributed by atoms with Crippen molar-refractivity contribution in [2.75, 3.05) is 34.4 Å². The van der Waals surface area contributed by atoms with E-state index in [0.29, 0.717) is 36.8 Å². The minimum absolute atomic E-state index is 0.00243. The lowest BCUT2D eigenvalue weighted by Gasteiger charge is -2.39. The zero-order chi connectivity index (χ0) is 31.8. The predicted octanol–water partition coefficient (Wildman–Crippen LogP) is 5.14. The zero-order valence-corrected chi connectivity index (χ0v) is 26.3. The third-order valence-electron chi connectivity index (χ3n) is 9.23. The number of aromatic hydroxyl groups is 2. The summed E-state index contributed by atoms with van der Waals surface area (Å²) in [6, 6.07) is 8.74. The van der Waals surface area contributed by atoms with E-state index in [0.717, 1.165) is 47.9 Å². The third-order valence-corrected chi connectivity index (χ3v) is 9.23. The van der Waals surface area contributed by atoms with Crippen molar-refractivity contribution in [2.24, 2.45) is 17.8 Å². The van der Waals surface area contributed by atoms with Gasteiger partial charge in [-0.3, -0.25) is 9.59 Å². The number of likely N-dealkylation sites (N-methyl/N-ethyl adjacent to an activating group) is 1. The Kier molecular flexibility index (Phi) is 11.7. The van der Waals surface area contributed by atoms with Gasteiger partial charge in [-0.25, -0.2) is 0 Å². The fraction of sp³-hybridized carbons (Fsp3) is 0.543. The average Bonchev–Trinajstić information content (AvgIpc) is 3.10. The number of carbonyl (C=O) groups excluding carboxylic acids is 2. The van der Waals surface area contributed by atoms with Crippen LogP contribution >= 0.6 is 0 Å². The molecule has 0 bridgehead atoms. The molecule has 1 fully saturated rings. The fourth-order valence-electron chi connectivity index (χ4n) is 7.18. The molecule has 0 radical (unpaired) electrons. The average molecular weight is 610 g/mol. The van der Waals surface area contributed by atoms with Crippen molar-refractivity contribution in [3.05, 3.63) is 53.1 Å². The quantitative estimate of drug-likeness (QED) is 0.215. The van der Waals surface area contributed by atoms with Gasteiger partial charge in [0.05, 0.1) is 14.2 Å². The Labute approximate surface area is 260 Å². The van der Waals surface area contributed by atoms with Gasteiger partial charge in [0, 0.05) is 32.9 Å². The molecule has 0 saturated heterocycles. The van der Waals surface area contributed by atoms with Crippen molar-refractivity contribution in [3.8, 4) is 23.0 Å². The molecule has 1 saturated carbocycles. The number of esters is 1. The second kappa shape index (κ2) is 15.4. The second-order valence-corrected chi connectivity index (χ2v) is 12.2. The molecule has 2 aliphatic rings. The smallest absolute Gasteiger partial charge is 0.302 e. The molecule has 0 aliphatic heterocycles. The summed E-state index contributed by atoms with van der Waals surface area (Å²) >= 11 is 0. The maximum absolute atomic E-state index is 13.9. The number of fused-ring (bicyclic) bond motifs is 2. The number of nitrogens with one attached hydrogen (secondary N) is 1. The van der Waals surface area contributed by atoms with Crippen LogP contribution < -0.4 is 14.8 Å². The topological polar surface area (TPSA) is 135 Å². The van der Waals surface area contributed by atoms with Crippen LogP contribution in [0.5, 0.6) is 23.0 Å². The molecular weight excluding hydrogens is 562 g/mol. The van der Waals surface area contributed by atoms with E-state index in [4.69, 9.17) is 14.2 Å². The van der Waals surface area contributed by atoms with E-state index in [1.807, 2.05) is 13.1 Å². The summed E-state index contributed by atoms with van der Waals surface area (Å²) in [5.74, 6) is 1.06. The van der Waals surface area contributed by atoms with Crippen LogP contribution in [-0.2, 0) is 20.7 Å². The van der Waals surface area contributed by atoms with Gasteiger partial charge < -0.3 is 34.8 Å². The number of allylic oxidation sites excluding steroid dienone is 1. The number of aliphatic hydroxyl groups is 1. The van der Waals surface area contributed by atoms with E-state index in [2.05, 4.69) is 11.4 Å². The van der Waals surface area contributed by atoms with Crippen LogP contribution in [0.25, 0.3) is 5.57 Å². The second-order valence-electron chi connectivity index (χ2n) is 12.2. The van der Waals surface area contributed by atoms with Gasteiger partial charge in [-0.05, 0) is 116 Å². The summed E-state index contributed by atoms with van der Waals surface area (Å²) in [6.07, 6.45) is 6.68. The molecule has 2 aliphatic carbocycles. The number of rotatable bonds is 14. The van der Waals surface area contributed by atoms with Crippen LogP contribution in [0.15, 0.2) is 36.4 Å². The van der Waals surface area contributed by atoms with Crippen LogP contribution in [-0.4, -0.2) is 67.6 Å². The number of methoxy groups -OCH3 is 2. The summed E-state index contributed by atoms with van der Waals surface area (Å²) in [7, 11) is 4.91. The van der Waals surface area contributed by atoms with E-state index < -0.39 is 12.1 Å². The van der Waals surface area contributed by atoms with E-state index in [1.54, 1.807) is 24.3 Å². The first-order valence-electron chi connectivity index (χ1n) is 15.6. The summed E-state index contributed by atoms with van der Waals surface area (Å²) < 4.78 is 16.4. The van der Waals surface area contributed by atoms with Gasteiger partial charge in [0.15, 0.2) is 23.0 Å². The number of phenols is 2. The standard InChI is InChI=1S/C35H47NO8/c1-21(38)44-27(9-6-22-7-10-32(40)34(14-22)42-3)16-26(39)17-30-28-13-23(11-12-37)5-8-24(28)15-25(20-36-2)29-18-33(41)35(43-4)19-31(29)30/h7,10,14-15,18-19,23-24,27-28,30,36-37,40-41H,5-6,8-9,11-13,16-17,20H2,1-4H3/t23-,24+,27-,28+,30-/m1/s1. The summed E-state index contributed by atoms with van der Waals surface area (Å²) in [4.78, 5) is 25.9. The van der Waals surface area contributed by atoms with Crippen molar-refractivity contribution >= 4 is 17.3 Å². The number of ketones is 1. The van der Waals surface area contributed by atoms with Gasteiger partial charge in [-0.15, -0.1) is 0 Å². The van der Waals surface area contributed by atoms with Crippen LogP contribution in [0.3, 0.4) is 0 Å². The molecule has 0 unspecified atom stereocenters. The highest BCUT2D eigenvalue weighted by Crippen LogP contribution is 2.51. The Morgan fingerprint density at radius 3 is 2.48 bits per heavy atom. The molecule has 2 aromatic carbocycles. The van der Waals surface area contributed by atoms with E-state index in [1.165, 1.54) is 21.1 Å². The SMILES string of the molecule is CNCC1=C[C@@H]2CC[C@H](CCO)C[C@@H]2[C@@H](CC(=O)C[C@@H](CCc2ccc(O)c(OC)c2)OC(C)=O)c2cc(OC)c(O)cc21. The highest BCUT2D eigenvalue weighted by Gasteiger charge is 2.40. The lowest BCUT2D eigenvalue weighted by Crippen LogP contribution is -2.31. The van der Waals surface area contributed by atoms with E-state index in [-0.39, 0.29) is 54.5 Å². The number of ether oxygens (including phenoxy) is 3. The Bertz CT molecular complexity index is 1340. The first kappa shape index (κ1) is 33.3. The molecular formula is C35H47NO8. The zero-order valence-electron chi connectivity index (χ0n) is 26.3. The number of aryl methyl sites for hydroxylation is 1. The summed E-state index contributed by atoms with van der Waals surface area (Å²) in [5, 5.41) is 33.7. The third kappa shape index (κ3) is 8.12. The van der Waals surface area contributed by atoms with Crippen molar-refractivity contribution in [1.82, 2.24) is 5.32 Å². The number of hydrogen-bond acceptors (Lipinski definition) is 9. The predicted molar refractivity (Wildman–Crippen MR) is 168 cm³/mol. The van der Waals surface area contributed by atoms with Gasteiger partial charge in [-0.2, -0.15) is 0 Å². The molecule has 240 valence electrons. The fourth-order valence-corrected chi connectivity index (χ4v) is 7.18. The molecule has 0 amide bonds. The van der Waals surface area contributed by atoms with Gasteiger partial charge in [0.1, 0.15) is 11.9 Å². The lowest BCUT2D eigenvalue weighted by atomic mass is 9.65. The Balaban J connectivity index is 1.63. The first-order valence-corrected chi connectivity index (χ1v) is 15.6. The first-order chi connectivity index (χ1) is 21.2. The molecule has 0 aromatic heterocycles. The van der Waals surface area contributed by atoms with Crippen molar-refractivity contribution in [2.45, 2.75) is 70.3 Å². The van der Waals surface area contributed by atoms with Crippen molar-refractivity contribution in [3.63, 3.8) is 0 Å². The molecule has 2 aromatic rings. The van der Waals surface area contributed by atoms with E-state index in [9.17, 15) is 24.9 Å². The molecule has 4 rings (SSSR count). The number of Topliss-reactive ketones (excluding diaryl/α,β-unsaturated/α-hetero) is 1. The minimum atomic E-state index is -0.596. The number of hydrogen-bond donors (Lipinski definition) is 4. The molecule has 0 heterocycles. The van der Waals surface area contributed by atoms with Crippen molar-refractivity contribution < 1.29 is 39.1 Å². The number of phenolic OH excluding ortho intramolecular Hbond substituents is 2. The maximum Gasteiger partial charge on any atom is 0.302 e. The normalized spacial score (nSPS) is 21.7. The van der Waals surface area contributed by atoms with Crippen LogP contribution in [0.2, 0.25) is 0 Å². The maximum atomic E-state index is 13.9. The highest BCUT2D eigenvalue weighted by atomic mass is 16.5. The van der Waals surface area contributed by atoms with Gasteiger partial charge in [0.25, 0.3) is 0 Å². The van der Waals surface area contributed by atoms with Crippen LogP contribution in [0.4, 0.5) is 0 Å². The summed E-state index contributed by atoms with van der Waals surface area (Å²) in [6.45, 7) is 2.12. The number of carbonyl (C=O) groups is 2. The van der Waals surface area contributed by atoms with Gasteiger partial charge in [0.2, 0.25) is 0 Å². The Morgan fingerprint density at radius 2 is 1.80 bits per heavy atom. The number of aliphatic hydroxyl groups excluding tert-OH is 1. The Hall–Kier alpha value is -3.56. The highest BCUT2D eigenvalue weighted by molar-refractivity contribution is 5.82. The molecule has 9 heteroatoms.